The van der Waals surface area contributed by atoms with Gasteiger partial charge in [-0.25, -0.2) is 4.99 Å². The van der Waals surface area contributed by atoms with Crippen LogP contribution in [0.25, 0.3) is 0 Å². The molecule has 1 atom stereocenters. The largest absolute Gasteiger partial charge is 0.493 e. The number of fused-ring (bicyclic) bond motifs is 1. The molecule has 2 aromatic carbocycles. The molecule has 0 radical (unpaired) electrons. The SMILES string of the molecule is CCNC(=NCC1(O)CCc2ccccc21)Nc1cccc(OCCCOC)c1.I. The molecule has 0 spiro atoms. The lowest BCUT2D eigenvalue weighted by molar-refractivity contribution is 0.0486. The highest BCUT2D eigenvalue weighted by Crippen LogP contribution is 2.36. The predicted octanol–water partition coefficient (Wildman–Crippen LogP) is 3.93. The molecule has 164 valence electrons. The lowest BCUT2D eigenvalue weighted by Crippen LogP contribution is -2.34. The molecular weight excluding hydrogens is 493 g/mol. The number of aryl methyl sites for hydroxylation is 1. The molecule has 0 saturated carbocycles. The number of nitrogens with one attached hydrogen (secondary N) is 2. The predicted molar refractivity (Wildman–Crippen MR) is 132 cm³/mol. The van der Waals surface area contributed by atoms with Gasteiger partial charge in [0.05, 0.1) is 13.2 Å². The van der Waals surface area contributed by atoms with Crippen LogP contribution in [0.1, 0.15) is 30.9 Å². The third kappa shape index (κ3) is 6.58. The van der Waals surface area contributed by atoms with Gasteiger partial charge in [-0.05, 0) is 43.0 Å². The van der Waals surface area contributed by atoms with Crippen LogP contribution in [0.5, 0.6) is 5.75 Å². The second-order valence-electron chi connectivity index (χ2n) is 7.23. The molecule has 2 aromatic rings. The van der Waals surface area contributed by atoms with Gasteiger partial charge in [-0.3, -0.25) is 0 Å². The van der Waals surface area contributed by atoms with Gasteiger partial charge in [0, 0.05) is 38.4 Å². The smallest absolute Gasteiger partial charge is 0.195 e. The minimum Gasteiger partial charge on any atom is -0.493 e. The van der Waals surface area contributed by atoms with Crippen molar-refractivity contribution in [2.45, 2.75) is 31.8 Å². The summed E-state index contributed by atoms with van der Waals surface area (Å²) >= 11 is 0. The fourth-order valence-corrected chi connectivity index (χ4v) is 3.54. The van der Waals surface area contributed by atoms with Crippen molar-refractivity contribution < 1.29 is 14.6 Å². The highest BCUT2D eigenvalue weighted by Gasteiger charge is 2.36. The maximum atomic E-state index is 11.1. The summed E-state index contributed by atoms with van der Waals surface area (Å²) in [4.78, 5) is 4.66. The molecule has 7 heteroatoms. The van der Waals surface area contributed by atoms with Crippen molar-refractivity contribution in [3.05, 3.63) is 59.7 Å². The van der Waals surface area contributed by atoms with E-state index in [4.69, 9.17) is 9.47 Å². The van der Waals surface area contributed by atoms with Gasteiger partial charge in [0.15, 0.2) is 5.96 Å². The summed E-state index contributed by atoms with van der Waals surface area (Å²) < 4.78 is 10.8. The molecule has 0 amide bonds. The molecular formula is C23H32IN3O3. The van der Waals surface area contributed by atoms with Crippen LogP contribution in [0, 0.1) is 0 Å². The number of aliphatic hydroxyl groups is 1. The molecule has 0 heterocycles. The normalized spacial score (nSPS) is 17.8. The highest BCUT2D eigenvalue weighted by atomic mass is 127. The number of nitrogens with zero attached hydrogens (tertiary/aromatic N) is 1. The number of methoxy groups -OCH3 is 1. The molecule has 0 fully saturated rings. The average molecular weight is 525 g/mol. The summed E-state index contributed by atoms with van der Waals surface area (Å²) in [6.07, 6.45) is 2.42. The third-order valence-corrected chi connectivity index (χ3v) is 5.03. The first-order valence-electron chi connectivity index (χ1n) is 10.2. The van der Waals surface area contributed by atoms with Gasteiger partial charge in [0.1, 0.15) is 11.4 Å². The van der Waals surface area contributed by atoms with E-state index in [-0.39, 0.29) is 24.0 Å². The van der Waals surface area contributed by atoms with Crippen LogP contribution in [-0.2, 0) is 16.8 Å². The number of halogens is 1. The number of benzene rings is 2. The Morgan fingerprint density at radius 2 is 2.00 bits per heavy atom. The zero-order valence-corrected chi connectivity index (χ0v) is 20.0. The minimum absolute atomic E-state index is 0. The maximum Gasteiger partial charge on any atom is 0.195 e. The van der Waals surface area contributed by atoms with Crippen molar-refractivity contribution in [3.63, 3.8) is 0 Å². The van der Waals surface area contributed by atoms with Gasteiger partial charge in [-0.2, -0.15) is 0 Å². The Hall–Kier alpha value is -1.84. The van der Waals surface area contributed by atoms with Gasteiger partial charge >= 0.3 is 0 Å². The van der Waals surface area contributed by atoms with E-state index < -0.39 is 5.60 Å². The Morgan fingerprint density at radius 3 is 2.80 bits per heavy atom. The summed E-state index contributed by atoms with van der Waals surface area (Å²) in [5.74, 6) is 1.44. The van der Waals surface area contributed by atoms with E-state index >= 15 is 0 Å². The molecule has 3 rings (SSSR count). The van der Waals surface area contributed by atoms with E-state index in [0.29, 0.717) is 32.1 Å². The van der Waals surface area contributed by atoms with Crippen LogP contribution in [0.15, 0.2) is 53.5 Å². The summed E-state index contributed by atoms with van der Waals surface area (Å²) in [5.41, 5.74) is 2.17. The van der Waals surface area contributed by atoms with Gasteiger partial charge in [0.25, 0.3) is 0 Å². The van der Waals surface area contributed by atoms with Crippen LogP contribution in [0.4, 0.5) is 5.69 Å². The number of anilines is 1. The second kappa shape index (κ2) is 12.1. The molecule has 6 nitrogen and oxygen atoms in total. The van der Waals surface area contributed by atoms with E-state index in [2.05, 4.69) is 21.7 Å². The quantitative estimate of drug-likeness (QED) is 0.200. The molecule has 0 aromatic heterocycles. The minimum atomic E-state index is -0.911. The maximum absolute atomic E-state index is 11.1. The van der Waals surface area contributed by atoms with Crippen molar-refractivity contribution in [2.75, 3.05) is 38.7 Å². The van der Waals surface area contributed by atoms with E-state index in [9.17, 15) is 5.11 Å². The van der Waals surface area contributed by atoms with Gasteiger partial charge in [0.2, 0.25) is 0 Å². The van der Waals surface area contributed by atoms with Crippen LogP contribution in [-0.4, -0.2) is 44.5 Å². The Balaban J connectivity index is 0.00000320. The Kier molecular flexibility index (Phi) is 9.87. The Morgan fingerprint density at radius 1 is 1.17 bits per heavy atom. The summed E-state index contributed by atoms with van der Waals surface area (Å²) in [6, 6.07) is 15.9. The van der Waals surface area contributed by atoms with Gasteiger partial charge in [-0.1, -0.05) is 30.3 Å². The zero-order chi connectivity index (χ0) is 20.5. The van der Waals surface area contributed by atoms with Crippen molar-refractivity contribution in [2.24, 2.45) is 4.99 Å². The van der Waals surface area contributed by atoms with Crippen LogP contribution in [0.3, 0.4) is 0 Å². The van der Waals surface area contributed by atoms with Crippen LogP contribution < -0.4 is 15.4 Å². The first-order chi connectivity index (χ1) is 14.1. The monoisotopic (exact) mass is 525 g/mol. The lowest BCUT2D eigenvalue weighted by Gasteiger charge is -2.22. The molecule has 1 unspecified atom stereocenters. The first-order valence-corrected chi connectivity index (χ1v) is 10.2. The number of rotatable bonds is 9. The van der Waals surface area contributed by atoms with Crippen molar-refractivity contribution in [1.82, 2.24) is 5.32 Å². The van der Waals surface area contributed by atoms with Crippen LogP contribution >= 0.6 is 24.0 Å². The van der Waals surface area contributed by atoms with Crippen molar-refractivity contribution in [3.8, 4) is 5.75 Å². The molecule has 1 aliphatic carbocycles. The van der Waals surface area contributed by atoms with Crippen molar-refractivity contribution in [1.29, 1.82) is 0 Å². The summed E-state index contributed by atoms with van der Waals surface area (Å²) in [5, 5.41) is 17.7. The number of ether oxygens (including phenoxy) is 2. The second-order valence-corrected chi connectivity index (χ2v) is 7.23. The standard InChI is InChI=1S/C23H31N3O3.HI/c1-3-24-22(25-17-23(27)13-12-18-8-4-5-11-21(18)23)26-19-9-6-10-20(16-19)29-15-7-14-28-2;/h4-6,8-11,16,27H,3,7,12-15,17H2,1-2H3,(H2,24,25,26);1H. The number of aliphatic imine (C=N–C) groups is 1. The van der Waals surface area contributed by atoms with Crippen LogP contribution in [0.2, 0.25) is 0 Å². The highest BCUT2D eigenvalue weighted by molar-refractivity contribution is 14.0. The van der Waals surface area contributed by atoms with Gasteiger partial charge < -0.3 is 25.2 Å². The molecule has 1 aliphatic rings. The van der Waals surface area contributed by atoms with E-state index in [1.165, 1.54) is 5.56 Å². The molecule has 0 bridgehead atoms. The Bertz CT molecular complexity index is 831. The molecule has 30 heavy (non-hydrogen) atoms. The summed E-state index contributed by atoms with van der Waals surface area (Å²) in [6.45, 7) is 4.35. The van der Waals surface area contributed by atoms with E-state index in [1.54, 1.807) is 7.11 Å². The molecule has 0 saturated heterocycles. The molecule has 0 aliphatic heterocycles. The third-order valence-electron chi connectivity index (χ3n) is 5.03. The van der Waals surface area contributed by atoms with Gasteiger partial charge in [-0.15, -0.1) is 24.0 Å². The Labute approximate surface area is 196 Å². The average Bonchev–Trinajstić information content (AvgIpc) is 3.08. The van der Waals surface area contributed by atoms with E-state index in [0.717, 1.165) is 36.4 Å². The first kappa shape index (κ1) is 24.4. The topological polar surface area (TPSA) is 75.1 Å². The summed E-state index contributed by atoms with van der Waals surface area (Å²) in [7, 11) is 1.69. The fraction of sp³-hybridized carbons (Fsp3) is 0.435. The number of hydrogen-bond donors (Lipinski definition) is 3. The van der Waals surface area contributed by atoms with E-state index in [1.807, 2.05) is 49.4 Å². The zero-order valence-electron chi connectivity index (χ0n) is 17.7. The molecule has 3 N–H and O–H groups in total. The number of hydrogen-bond acceptors (Lipinski definition) is 4. The number of guanidine groups is 1. The lowest BCUT2D eigenvalue weighted by atomic mass is 9.96. The van der Waals surface area contributed by atoms with Crippen molar-refractivity contribution >= 4 is 35.6 Å². The fourth-order valence-electron chi connectivity index (χ4n) is 3.54.